The van der Waals surface area contributed by atoms with Crippen LogP contribution < -0.4 is 5.32 Å². The van der Waals surface area contributed by atoms with Crippen LogP contribution in [0.3, 0.4) is 0 Å². The number of anilines is 1. The van der Waals surface area contributed by atoms with Gasteiger partial charge in [-0.15, -0.1) is 0 Å². The number of esters is 1. The van der Waals surface area contributed by atoms with E-state index in [0.717, 1.165) is 27.9 Å². The van der Waals surface area contributed by atoms with Crippen LogP contribution in [0.2, 0.25) is 0 Å². The molecule has 0 aliphatic carbocycles. The van der Waals surface area contributed by atoms with Crippen molar-refractivity contribution >= 4 is 17.6 Å². The molecule has 2 aromatic carbocycles. The summed E-state index contributed by atoms with van der Waals surface area (Å²) in [4.78, 5) is 26.7. The van der Waals surface area contributed by atoms with Crippen molar-refractivity contribution in [3.63, 3.8) is 0 Å². The molecule has 0 fully saturated rings. The minimum Gasteiger partial charge on any atom is -0.468 e. The van der Waals surface area contributed by atoms with Crippen molar-refractivity contribution in [3.05, 3.63) is 64.7 Å². The highest BCUT2D eigenvalue weighted by molar-refractivity contribution is 5.93. The lowest BCUT2D eigenvalue weighted by molar-refractivity contribution is -0.148. The van der Waals surface area contributed by atoms with Gasteiger partial charge in [-0.25, -0.2) is 0 Å². The molecule has 1 aliphatic rings. The fourth-order valence-corrected chi connectivity index (χ4v) is 3.44. The number of methoxy groups -OCH3 is 1. The summed E-state index contributed by atoms with van der Waals surface area (Å²) >= 11 is 0. The zero-order valence-electron chi connectivity index (χ0n) is 15.4. The van der Waals surface area contributed by atoms with Gasteiger partial charge in [-0.1, -0.05) is 42.0 Å². The van der Waals surface area contributed by atoms with Gasteiger partial charge in [0.1, 0.15) is 6.04 Å². The fourth-order valence-electron chi connectivity index (χ4n) is 3.44. The zero-order chi connectivity index (χ0) is 18.7. The molecule has 3 rings (SSSR count). The molecule has 0 bridgehead atoms. The largest absolute Gasteiger partial charge is 0.468 e. The predicted molar refractivity (Wildman–Crippen MR) is 101 cm³/mol. The maximum absolute atomic E-state index is 12.6. The van der Waals surface area contributed by atoms with Crippen LogP contribution in [-0.2, 0) is 27.3 Å². The number of fused-ring (bicyclic) bond motifs is 1. The van der Waals surface area contributed by atoms with Crippen LogP contribution in [0.1, 0.15) is 22.3 Å². The number of carbonyl (C=O) groups excluding carboxylic acids is 2. The first-order valence-corrected chi connectivity index (χ1v) is 8.73. The Morgan fingerprint density at radius 2 is 1.88 bits per heavy atom. The molecule has 1 N–H and O–H groups in total. The van der Waals surface area contributed by atoms with E-state index >= 15 is 0 Å². The Bertz CT molecular complexity index is 832. The van der Waals surface area contributed by atoms with E-state index in [1.165, 1.54) is 7.11 Å². The lowest BCUT2D eigenvalue weighted by atomic mass is 9.94. The highest BCUT2D eigenvalue weighted by atomic mass is 16.5. The number of rotatable bonds is 4. The summed E-state index contributed by atoms with van der Waals surface area (Å²) in [7, 11) is 1.39. The lowest BCUT2D eigenvalue weighted by Crippen LogP contribution is -2.49. The zero-order valence-corrected chi connectivity index (χ0v) is 15.4. The van der Waals surface area contributed by atoms with Gasteiger partial charge in [0.05, 0.1) is 13.7 Å². The normalized spacial score (nSPS) is 16.7. The maximum Gasteiger partial charge on any atom is 0.323 e. The Balaban J connectivity index is 1.75. The van der Waals surface area contributed by atoms with Gasteiger partial charge >= 0.3 is 5.97 Å². The molecule has 0 spiro atoms. The SMILES string of the molecule is COC(=O)[C@@H]1Cc2ccccc2CN1CC(=O)Nc1ccc(C)cc1C. The number of hydrogen-bond donors (Lipinski definition) is 1. The third-order valence-corrected chi connectivity index (χ3v) is 4.82. The molecule has 2 aromatic rings. The smallest absolute Gasteiger partial charge is 0.323 e. The van der Waals surface area contributed by atoms with Crippen LogP contribution in [-0.4, -0.2) is 36.5 Å². The van der Waals surface area contributed by atoms with Gasteiger partial charge in [0.25, 0.3) is 0 Å². The molecule has 1 heterocycles. The lowest BCUT2D eigenvalue weighted by Gasteiger charge is -2.34. The average molecular weight is 352 g/mol. The number of aryl methyl sites for hydroxylation is 2. The Morgan fingerprint density at radius 1 is 1.15 bits per heavy atom. The first-order valence-electron chi connectivity index (χ1n) is 8.73. The van der Waals surface area contributed by atoms with E-state index in [1.807, 2.05) is 61.2 Å². The first-order chi connectivity index (χ1) is 12.5. The van der Waals surface area contributed by atoms with E-state index in [1.54, 1.807) is 0 Å². The molecular weight excluding hydrogens is 328 g/mol. The van der Waals surface area contributed by atoms with Gasteiger partial charge in [-0.3, -0.25) is 14.5 Å². The first kappa shape index (κ1) is 18.1. The van der Waals surface area contributed by atoms with Gasteiger partial charge in [0, 0.05) is 12.2 Å². The third-order valence-electron chi connectivity index (χ3n) is 4.82. The van der Waals surface area contributed by atoms with Crippen molar-refractivity contribution in [3.8, 4) is 0 Å². The number of nitrogens with one attached hydrogen (secondary N) is 1. The number of amides is 1. The highest BCUT2D eigenvalue weighted by Crippen LogP contribution is 2.24. The maximum atomic E-state index is 12.6. The molecule has 5 nitrogen and oxygen atoms in total. The molecule has 1 amide bonds. The van der Waals surface area contributed by atoms with Crippen molar-refractivity contribution in [2.75, 3.05) is 19.0 Å². The number of hydrogen-bond acceptors (Lipinski definition) is 4. The van der Waals surface area contributed by atoms with Gasteiger partial charge in [-0.05, 0) is 43.0 Å². The molecule has 0 unspecified atom stereocenters. The molecule has 0 radical (unpaired) electrons. The van der Waals surface area contributed by atoms with Crippen molar-refractivity contribution in [2.24, 2.45) is 0 Å². The molecular formula is C21H24N2O3. The quantitative estimate of drug-likeness (QED) is 0.860. The highest BCUT2D eigenvalue weighted by Gasteiger charge is 2.33. The molecule has 136 valence electrons. The molecule has 0 saturated heterocycles. The predicted octanol–water partition coefficient (Wildman–Crippen LogP) is 2.84. The average Bonchev–Trinajstić information content (AvgIpc) is 2.63. The minimum atomic E-state index is -0.445. The Hall–Kier alpha value is -2.66. The fraction of sp³-hybridized carbons (Fsp3) is 0.333. The Labute approximate surface area is 154 Å². The second kappa shape index (κ2) is 7.70. The van der Waals surface area contributed by atoms with Gasteiger partial charge in [0.2, 0.25) is 5.91 Å². The van der Waals surface area contributed by atoms with Crippen LogP contribution in [0.25, 0.3) is 0 Å². The molecule has 1 aliphatic heterocycles. The van der Waals surface area contributed by atoms with Crippen LogP contribution >= 0.6 is 0 Å². The van der Waals surface area contributed by atoms with Crippen LogP contribution in [0.5, 0.6) is 0 Å². The number of carbonyl (C=O) groups is 2. The summed E-state index contributed by atoms with van der Waals surface area (Å²) in [6.07, 6.45) is 0.555. The monoisotopic (exact) mass is 352 g/mol. The number of ether oxygens (including phenoxy) is 1. The van der Waals surface area contributed by atoms with E-state index in [-0.39, 0.29) is 18.4 Å². The summed E-state index contributed by atoms with van der Waals surface area (Å²) in [5.74, 6) is -0.441. The number of benzene rings is 2. The van der Waals surface area contributed by atoms with Crippen molar-refractivity contribution in [1.82, 2.24) is 4.90 Å². The van der Waals surface area contributed by atoms with E-state index < -0.39 is 6.04 Å². The Morgan fingerprint density at radius 3 is 2.58 bits per heavy atom. The summed E-state index contributed by atoms with van der Waals surface area (Å²) in [5.41, 5.74) is 5.25. The molecule has 0 saturated carbocycles. The van der Waals surface area contributed by atoms with Crippen LogP contribution in [0.15, 0.2) is 42.5 Å². The molecule has 26 heavy (non-hydrogen) atoms. The summed E-state index contributed by atoms with van der Waals surface area (Å²) in [5, 5.41) is 2.95. The standard InChI is InChI=1S/C21H24N2O3/c1-14-8-9-18(15(2)10-14)22-20(24)13-23-12-17-7-5-4-6-16(17)11-19(23)21(25)26-3/h4-10,19H,11-13H2,1-3H3,(H,22,24)/t19-/m0/s1. The topological polar surface area (TPSA) is 58.6 Å². The van der Waals surface area contributed by atoms with E-state index in [4.69, 9.17) is 4.74 Å². The van der Waals surface area contributed by atoms with Gasteiger partial charge in [0.15, 0.2) is 0 Å². The van der Waals surface area contributed by atoms with Crippen LogP contribution in [0, 0.1) is 13.8 Å². The minimum absolute atomic E-state index is 0.134. The molecule has 1 atom stereocenters. The molecule has 5 heteroatoms. The van der Waals surface area contributed by atoms with Crippen molar-refractivity contribution in [2.45, 2.75) is 32.9 Å². The summed E-state index contributed by atoms with van der Waals surface area (Å²) in [6, 6.07) is 13.5. The molecule has 0 aromatic heterocycles. The van der Waals surface area contributed by atoms with E-state index in [2.05, 4.69) is 5.32 Å². The van der Waals surface area contributed by atoms with Crippen molar-refractivity contribution < 1.29 is 14.3 Å². The van der Waals surface area contributed by atoms with Crippen molar-refractivity contribution in [1.29, 1.82) is 0 Å². The second-order valence-electron chi connectivity index (χ2n) is 6.78. The van der Waals surface area contributed by atoms with Gasteiger partial charge in [-0.2, -0.15) is 0 Å². The van der Waals surface area contributed by atoms with Gasteiger partial charge < -0.3 is 10.1 Å². The number of nitrogens with zero attached hydrogens (tertiary/aromatic N) is 1. The van der Waals surface area contributed by atoms with E-state index in [0.29, 0.717) is 13.0 Å². The third kappa shape index (κ3) is 3.94. The summed E-state index contributed by atoms with van der Waals surface area (Å²) in [6.45, 7) is 4.68. The Kier molecular flexibility index (Phi) is 5.38. The summed E-state index contributed by atoms with van der Waals surface area (Å²) < 4.78 is 4.95. The second-order valence-corrected chi connectivity index (χ2v) is 6.78. The van der Waals surface area contributed by atoms with Crippen LogP contribution in [0.4, 0.5) is 5.69 Å². The van der Waals surface area contributed by atoms with E-state index in [9.17, 15) is 9.59 Å².